The van der Waals surface area contributed by atoms with E-state index in [4.69, 9.17) is 18.9 Å². The molecule has 1 aromatic heterocycles. The molecule has 0 aliphatic rings. The molecule has 1 heterocycles. The van der Waals surface area contributed by atoms with E-state index in [9.17, 15) is 14.4 Å². The highest BCUT2D eigenvalue weighted by molar-refractivity contribution is 6.14. The fraction of sp³-hybridized carbons (Fsp3) is 0.147. The molecule has 0 fully saturated rings. The summed E-state index contributed by atoms with van der Waals surface area (Å²) in [7, 11) is 4.26. The lowest BCUT2D eigenvalue weighted by Gasteiger charge is -2.12. The van der Waals surface area contributed by atoms with Crippen molar-refractivity contribution in [3.05, 3.63) is 107 Å². The molecule has 0 unspecified atom stereocenters. The number of hydrogen-bond acceptors (Lipinski definition) is 7. The molecule has 4 aromatic carbocycles. The molecule has 0 saturated carbocycles. The van der Waals surface area contributed by atoms with Crippen molar-refractivity contribution in [2.45, 2.75) is 13.3 Å². The van der Waals surface area contributed by atoms with E-state index in [1.807, 2.05) is 66.2 Å². The van der Waals surface area contributed by atoms with Crippen LogP contribution in [-0.2, 0) is 25.5 Å². The van der Waals surface area contributed by atoms with Crippen molar-refractivity contribution < 1.29 is 33.3 Å². The summed E-state index contributed by atoms with van der Waals surface area (Å²) >= 11 is 0. The molecule has 5 aromatic rings. The van der Waals surface area contributed by atoms with Gasteiger partial charge in [0.25, 0.3) is 0 Å². The molecule has 0 amide bonds. The first-order valence-electron chi connectivity index (χ1n) is 13.2. The number of rotatable bonds is 8. The number of nitrogens with zero attached hydrogens (tertiary/aromatic N) is 1. The van der Waals surface area contributed by atoms with Gasteiger partial charge < -0.3 is 23.5 Å². The number of fused-ring (bicyclic) bond motifs is 3. The van der Waals surface area contributed by atoms with Gasteiger partial charge in [-0.15, -0.1) is 0 Å². The number of aryl methyl sites for hydroxylation is 1. The zero-order valence-corrected chi connectivity index (χ0v) is 23.7. The van der Waals surface area contributed by atoms with Crippen LogP contribution in [0.15, 0.2) is 85.1 Å². The van der Waals surface area contributed by atoms with E-state index < -0.39 is 17.9 Å². The molecule has 0 aliphatic carbocycles. The average Bonchev–Trinajstić information content (AvgIpc) is 3.38. The third kappa shape index (κ3) is 5.60. The van der Waals surface area contributed by atoms with Crippen molar-refractivity contribution in [1.82, 2.24) is 4.57 Å². The Balaban J connectivity index is 1.73. The summed E-state index contributed by atoms with van der Waals surface area (Å²) in [5.74, 6) is -0.311. The largest absolute Gasteiger partial charge is 0.497 e. The maximum Gasteiger partial charge on any atom is 0.343 e. The minimum atomic E-state index is -0.506. The molecular weight excluding hydrogens is 534 g/mol. The Labute approximate surface area is 242 Å². The van der Waals surface area contributed by atoms with Crippen LogP contribution in [-0.4, -0.2) is 43.8 Å². The summed E-state index contributed by atoms with van der Waals surface area (Å²) in [6.07, 6.45) is 4.93. The van der Waals surface area contributed by atoms with E-state index in [0.29, 0.717) is 28.3 Å². The van der Waals surface area contributed by atoms with Crippen LogP contribution >= 0.6 is 0 Å². The quantitative estimate of drug-likeness (QED) is 0.126. The van der Waals surface area contributed by atoms with Crippen LogP contribution in [0.2, 0.25) is 0 Å². The van der Waals surface area contributed by atoms with Crippen LogP contribution in [0.3, 0.4) is 0 Å². The predicted octanol–water partition coefficient (Wildman–Crippen LogP) is 6.22. The minimum absolute atomic E-state index is 0.00464. The SMILES string of the molecule is COC(=O)/C=C/c1cc2cc(OC(=O)c3ccccc3C)ccc2c2c(CC(=O)OC)n(-c3ccc(OC)cc3)cc12. The van der Waals surface area contributed by atoms with Crippen molar-refractivity contribution >= 4 is 45.5 Å². The fourth-order valence-corrected chi connectivity index (χ4v) is 4.95. The molecule has 0 radical (unpaired) electrons. The summed E-state index contributed by atoms with van der Waals surface area (Å²) in [5.41, 5.74) is 3.51. The number of ether oxygens (including phenoxy) is 4. The molecule has 212 valence electrons. The van der Waals surface area contributed by atoms with Crippen LogP contribution in [0.4, 0.5) is 0 Å². The van der Waals surface area contributed by atoms with E-state index in [-0.39, 0.29) is 6.42 Å². The molecule has 8 heteroatoms. The molecule has 0 bridgehead atoms. The highest BCUT2D eigenvalue weighted by Crippen LogP contribution is 2.37. The first-order valence-corrected chi connectivity index (χ1v) is 13.2. The molecule has 0 aliphatic heterocycles. The number of methoxy groups -OCH3 is 3. The van der Waals surface area contributed by atoms with Gasteiger partial charge in [-0.1, -0.05) is 18.2 Å². The van der Waals surface area contributed by atoms with Crippen molar-refractivity contribution in [2.24, 2.45) is 0 Å². The van der Waals surface area contributed by atoms with E-state index >= 15 is 0 Å². The Kier molecular flexibility index (Phi) is 8.06. The fourth-order valence-electron chi connectivity index (χ4n) is 4.95. The van der Waals surface area contributed by atoms with Gasteiger partial charge in [0.1, 0.15) is 11.5 Å². The lowest BCUT2D eigenvalue weighted by atomic mass is 9.97. The van der Waals surface area contributed by atoms with Gasteiger partial charge >= 0.3 is 17.9 Å². The molecule has 0 saturated heterocycles. The molecule has 5 rings (SSSR count). The van der Waals surface area contributed by atoms with E-state index in [1.165, 1.54) is 20.3 Å². The number of carbonyl (C=O) groups excluding carboxylic acids is 3. The second-order valence-electron chi connectivity index (χ2n) is 9.60. The summed E-state index contributed by atoms with van der Waals surface area (Å²) in [4.78, 5) is 37.6. The van der Waals surface area contributed by atoms with Crippen molar-refractivity contribution in [3.8, 4) is 17.2 Å². The number of hydrogen-bond donors (Lipinski definition) is 0. The Morgan fingerprint density at radius 3 is 2.26 bits per heavy atom. The molecule has 8 nitrogen and oxygen atoms in total. The van der Waals surface area contributed by atoms with Gasteiger partial charge in [0, 0.05) is 34.4 Å². The molecular formula is C34H29NO7. The highest BCUT2D eigenvalue weighted by Gasteiger charge is 2.20. The zero-order chi connectivity index (χ0) is 29.8. The number of aromatic nitrogens is 1. The lowest BCUT2D eigenvalue weighted by molar-refractivity contribution is -0.140. The van der Waals surface area contributed by atoms with Gasteiger partial charge in [0.15, 0.2) is 0 Å². The van der Waals surface area contributed by atoms with Crippen LogP contribution in [0.25, 0.3) is 33.3 Å². The lowest BCUT2D eigenvalue weighted by Crippen LogP contribution is -2.10. The van der Waals surface area contributed by atoms with Gasteiger partial charge in [-0.25, -0.2) is 9.59 Å². The van der Waals surface area contributed by atoms with Gasteiger partial charge in [-0.3, -0.25) is 4.79 Å². The van der Waals surface area contributed by atoms with Crippen molar-refractivity contribution in [3.63, 3.8) is 0 Å². The molecule has 0 atom stereocenters. The average molecular weight is 564 g/mol. The topological polar surface area (TPSA) is 93.1 Å². The van der Waals surface area contributed by atoms with Gasteiger partial charge in [0.05, 0.1) is 33.3 Å². The normalized spacial score (nSPS) is 11.1. The van der Waals surface area contributed by atoms with Crippen LogP contribution in [0, 0.1) is 6.92 Å². The van der Waals surface area contributed by atoms with Gasteiger partial charge in [-0.05, 0) is 89.5 Å². The molecule has 0 N–H and O–H groups in total. The first-order chi connectivity index (χ1) is 20.3. The van der Waals surface area contributed by atoms with Gasteiger partial charge in [0.2, 0.25) is 0 Å². The highest BCUT2D eigenvalue weighted by atomic mass is 16.5. The second kappa shape index (κ2) is 12.0. The van der Waals surface area contributed by atoms with Crippen molar-refractivity contribution in [2.75, 3.05) is 21.3 Å². The summed E-state index contributed by atoms with van der Waals surface area (Å²) in [6.45, 7) is 1.85. The number of benzene rings is 4. The smallest absolute Gasteiger partial charge is 0.343 e. The summed E-state index contributed by atoms with van der Waals surface area (Å²) in [6, 6.07) is 22.0. The van der Waals surface area contributed by atoms with Crippen LogP contribution in [0.1, 0.15) is 27.2 Å². The Hall–Kier alpha value is -5.37. The Morgan fingerprint density at radius 1 is 0.833 bits per heavy atom. The third-order valence-corrected chi connectivity index (χ3v) is 7.09. The summed E-state index contributed by atoms with van der Waals surface area (Å²) < 4.78 is 22.9. The van der Waals surface area contributed by atoms with Crippen molar-refractivity contribution in [1.29, 1.82) is 0 Å². The third-order valence-electron chi connectivity index (χ3n) is 7.09. The standard InChI is InChI=1S/C34H29NO7/c1-21-7-5-6-8-27(21)34(38)42-26-14-15-28-23(18-26)17-22(9-16-31(36)40-3)29-20-35(24-10-12-25(39-2)13-11-24)30(33(28)29)19-32(37)41-4/h5-18,20H,19H2,1-4H3/b16-9+. The molecule has 42 heavy (non-hydrogen) atoms. The monoisotopic (exact) mass is 563 g/mol. The van der Waals surface area contributed by atoms with Gasteiger partial charge in [-0.2, -0.15) is 0 Å². The molecule has 0 spiro atoms. The number of carbonyl (C=O) groups is 3. The van der Waals surface area contributed by atoms with E-state index in [0.717, 1.165) is 32.8 Å². The second-order valence-corrected chi connectivity index (χ2v) is 9.60. The Morgan fingerprint density at radius 2 is 1.57 bits per heavy atom. The number of esters is 3. The van der Waals surface area contributed by atoms with Crippen LogP contribution < -0.4 is 9.47 Å². The van der Waals surface area contributed by atoms with Crippen LogP contribution in [0.5, 0.6) is 11.5 Å². The van der Waals surface area contributed by atoms with E-state index in [1.54, 1.807) is 37.5 Å². The maximum atomic E-state index is 12.9. The first kappa shape index (κ1) is 28.2. The summed E-state index contributed by atoms with van der Waals surface area (Å²) in [5, 5.41) is 3.19. The zero-order valence-electron chi connectivity index (χ0n) is 23.7. The van der Waals surface area contributed by atoms with E-state index in [2.05, 4.69) is 0 Å². The maximum absolute atomic E-state index is 12.9. The minimum Gasteiger partial charge on any atom is -0.497 e. The Bertz CT molecular complexity index is 1850. The predicted molar refractivity (Wildman–Crippen MR) is 160 cm³/mol.